The molecule has 40 heavy (non-hydrogen) atoms. The molecule has 1 aliphatic heterocycles. The van der Waals surface area contributed by atoms with Crippen molar-refractivity contribution in [1.29, 1.82) is 0 Å². The van der Waals surface area contributed by atoms with Crippen molar-refractivity contribution in [2.45, 2.75) is 37.8 Å². The lowest BCUT2D eigenvalue weighted by Crippen LogP contribution is -2.33. The van der Waals surface area contributed by atoms with E-state index in [-0.39, 0.29) is 42.2 Å². The number of likely N-dealkylation sites (tertiary alicyclic amines) is 1. The smallest absolute Gasteiger partial charge is 0.303 e. The molecule has 1 fully saturated rings. The molecule has 4 aromatic rings. The van der Waals surface area contributed by atoms with Crippen molar-refractivity contribution in [3.63, 3.8) is 0 Å². The van der Waals surface area contributed by atoms with Gasteiger partial charge in [0.05, 0.1) is 41.3 Å². The van der Waals surface area contributed by atoms with Gasteiger partial charge in [0.15, 0.2) is 0 Å². The van der Waals surface area contributed by atoms with E-state index in [0.29, 0.717) is 46.3 Å². The lowest BCUT2D eigenvalue weighted by Gasteiger charge is -2.23. The van der Waals surface area contributed by atoms with Gasteiger partial charge in [-0.25, -0.2) is 0 Å². The van der Waals surface area contributed by atoms with Crippen molar-refractivity contribution >= 4 is 68.1 Å². The fourth-order valence-corrected chi connectivity index (χ4v) is 6.19. The highest BCUT2D eigenvalue weighted by molar-refractivity contribution is 7.17. The molecule has 2 aromatic heterocycles. The Morgan fingerprint density at radius 1 is 1.20 bits per heavy atom. The first-order chi connectivity index (χ1) is 19.2. The van der Waals surface area contributed by atoms with Crippen LogP contribution in [-0.2, 0) is 27.2 Å². The molecule has 3 heterocycles. The fraction of sp³-hybridized carbons (Fsp3) is 0.286. The molecule has 2 atom stereocenters. The Morgan fingerprint density at radius 3 is 2.77 bits per heavy atom. The van der Waals surface area contributed by atoms with Gasteiger partial charge in [0.2, 0.25) is 5.91 Å². The van der Waals surface area contributed by atoms with E-state index in [0.717, 1.165) is 10.1 Å². The van der Waals surface area contributed by atoms with E-state index in [1.165, 1.54) is 11.3 Å². The molecule has 2 amide bonds. The Morgan fingerprint density at radius 2 is 2.00 bits per heavy atom. The Labute approximate surface area is 243 Å². The molecule has 0 bridgehead atoms. The first kappa shape index (κ1) is 28.1. The van der Waals surface area contributed by atoms with Gasteiger partial charge in [-0.2, -0.15) is 0 Å². The topological polar surface area (TPSA) is 122 Å². The molecule has 0 saturated carbocycles. The fourth-order valence-electron chi connectivity index (χ4n) is 4.79. The highest BCUT2D eigenvalue weighted by Gasteiger charge is 2.38. The molecule has 2 aromatic carbocycles. The number of rotatable bonds is 9. The average molecular weight is 602 g/mol. The van der Waals surface area contributed by atoms with Crippen molar-refractivity contribution in [2.75, 3.05) is 19.0 Å². The molecule has 12 heteroatoms. The normalized spacial score (nSPS) is 16.9. The van der Waals surface area contributed by atoms with E-state index in [1.807, 2.05) is 24.3 Å². The highest BCUT2D eigenvalue weighted by atomic mass is 35.5. The number of aryl methyl sites for hydroxylation is 1. The van der Waals surface area contributed by atoms with E-state index in [9.17, 15) is 14.4 Å². The summed E-state index contributed by atoms with van der Waals surface area (Å²) in [6, 6.07) is 12.1. The number of carboxylic acid groups (broad SMARTS) is 1. The maximum absolute atomic E-state index is 13.5. The molecule has 0 radical (unpaired) electrons. The number of amides is 2. The number of nitrogens with zero attached hydrogens (tertiary/aromatic N) is 2. The summed E-state index contributed by atoms with van der Waals surface area (Å²) in [4.78, 5) is 39.0. The lowest BCUT2D eigenvalue weighted by molar-refractivity contribution is -0.137. The van der Waals surface area contributed by atoms with Crippen LogP contribution in [0.25, 0.3) is 10.1 Å². The summed E-state index contributed by atoms with van der Waals surface area (Å²) in [6.45, 7) is 0.353. The zero-order valence-electron chi connectivity index (χ0n) is 21.4. The number of hydrogen-bond donors (Lipinski definition) is 2. The van der Waals surface area contributed by atoms with Crippen molar-refractivity contribution in [3.8, 4) is 0 Å². The Bertz CT molecular complexity index is 1590. The van der Waals surface area contributed by atoms with Gasteiger partial charge in [0.25, 0.3) is 5.91 Å². The van der Waals surface area contributed by atoms with Crippen LogP contribution >= 0.6 is 34.5 Å². The van der Waals surface area contributed by atoms with Crippen LogP contribution in [0, 0.1) is 0 Å². The van der Waals surface area contributed by atoms with Gasteiger partial charge in [-0.15, -0.1) is 11.3 Å². The Hall–Kier alpha value is -3.44. The van der Waals surface area contributed by atoms with E-state index in [4.69, 9.17) is 37.6 Å². The third kappa shape index (κ3) is 6.00. The standard InChI is InChI=1S/C28H25Cl2N3O6S/c1-38-17-11-24(23-10-16(39-32-23)6-7-27(35)36)33(13-17)26(34)9-15-8-21(30)22(12-20(15)29)31-28(37)19-14-40-25-5-3-2-4-18(19)25/h2-5,8,10,12,14,17,24H,6-7,9,11,13H2,1H3,(H,31,37)(H,35,36)/t17-,24?/m0/s1. The number of carbonyl (C=O) groups is 3. The molecule has 9 nitrogen and oxygen atoms in total. The van der Waals surface area contributed by atoms with Crippen LogP contribution in [0.2, 0.25) is 10.0 Å². The number of fused-ring (bicyclic) bond motifs is 1. The maximum atomic E-state index is 13.5. The molecule has 2 N–H and O–H groups in total. The SMILES string of the molecule is CO[C@H]1CC(c2cc(CCC(=O)O)on2)N(C(=O)Cc2cc(Cl)c(NC(=O)c3csc4ccccc34)cc2Cl)C1. The molecule has 0 spiro atoms. The van der Waals surface area contributed by atoms with Gasteiger partial charge >= 0.3 is 5.97 Å². The van der Waals surface area contributed by atoms with Crippen LogP contribution in [0.3, 0.4) is 0 Å². The molecule has 5 rings (SSSR count). The molecule has 1 aliphatic rings. The second-order valence-electron chi connectivity index (χ2n) is 9.47. The van der Waals surface area contributed by atoms with Crippen LogP contribution in [-0.4, -0.2) is 52.7 Å². The van der Waals surface area contributed by atoms with Gasteiger partial charge in [-0.05, 0) is 23.8 Å². The molecule has 0 aliphatic carbocycles. The number of aromatic nitrogens is 1. The molecule has 1 saturated heterocycles. The van der Waals surface area contributed by atoms with Crippen LogP contribution in [0.4, 0.5) is 5.69 Å². The monoisotopic (exact) mass is 601 g/mol. The van der Waals surface area contributed by atoms with Crippen molar-refractivity contribution < 1.29 is 28.8 Å². The number of halogens is 2. The lowest BCUT2D eigenvalue weighted by atomic mass is 10.1. The third-order valence-electron chi connectivity index (χ3n) is 6.87. The molecule has 1 unspecified atom stereocenters. The summed E-state index contributed by atoms with van der Waals surface area (Å²) < 4.78 is 11.8. The summed E-state index contributed by atoms with van der Waals surface area (Å²) in [7, 11) is 1.58. The molecular formula is C28H25Cl2N3O6S. The van der Waals surface area contributed by atoms with Gasteiger partial charge < -0.3 is 24.6 Å². The summed E-state index contributed by atoms with van der Waals surface area (Å²) >= 11 is 14.5. The second kappa shape index (κ2) is 12.0. The minimum Gasteiger partial charge on any atom is -0.481 e. The van der Waals surface area contributed by atoms with Crippen molar-refractivity contribution in [3.05, 3.63) is 80.5 Å². The summed E-state index contributed by atoms with van der Waals surface area (Å²) in [5.74, 6) is -1.01. The van der Waals surface area contributed by atoms with Crippen LogP contribution in [0.15, 0.2) is 52.4 Å². The predicted molar refractivity (Wildman–Crippen MR) is 152 cm³/mol. The number of ether oxygens (including phenoxy) is 1. The average Bonchev–Trinajstić information content (AvgIpc) is 3.68. The van der Waals surface area contributed by atoms with Gasteiger partial charge in [0.1, 0.15) is 11.5 Å². The summed E-state index contributed by atoms with van der Waals surface area (Å²) in [6.07, 6.45) is 0.416. The second-order valence-corrected chi connectivity index (χ2v) is 11.2. The summed E-state index contributed by atoms with van der Waals surface area (Å²) in [5.41, 5.74) is 1.94. The number of aliphatic carboxylic acids is 1. The number of anilines is 1. The zero-order chi connectivity index (χ0) is 28.4. The number of benzene rings is 2. The Balaban J connectivity index is 1.30. The van der Waals surface area contributed by atoms with Crippen molar-refractivity contribution in [2.24, 2.45) is 0 Å². The highest BCUT2D eigenvalue weighted by Crippen LogP contribution is 2.36. The van der Waals surface area contributed by atoms with Crippen LogP contribution in [0.1, 0.15) is 46.3 Å². The van der Waals surface area contributed by atoms with Crippen LogP contribution in [0.5, 0.6) is 0 Å². The van der Waals surface area contributed by atoms with E-state index in [1.54, 1.807) is 35.6 Å². The number of methoxy groups -OCH3 is 1. The quantitative estimate of drug-likeness (QED) is 0.241. The van der Waals surface area contributed by atoms with Crippen molar-refractivity contribution in [1.82, 2.24) is 10.1 Å². The van der Waals surface area contributed by atoms with Gasteiger partial charge in [-0.1, -0.05) is 46.6 Å². The number of nitrogens with one attached hydrogen (secondary N) is 1. The van der Waals surface area contributed by atoms with Crippen LogP contribution < -0.4 is 5.32 Å². The number of thiophene rings is 1. The first-order valence-electron chi connectivity index (χ1n) is 12.5. The van der Waals surface area contributed by atoms with Gasteiger partial charge in [0, 0.05) is 53.1 Å². The third-order valence-corrected chi connectivity index (χ3v) is 8.50. The van der Waals surface area contributed by atoms with E-state index < -0.39 is 12.0 Å². The molecule has 208 valence electrons. The minimum atomic E-state index is -0.934. The minimum absolute atomic E-state index is 0.0292. The van der Waals surface area contributed by atoms with E-state index in [2.05, 4.69) is 10.5 Å². The number of carboxylic acids is 1. The Kier molecular flexibility index (Phi) is 8.41. The predicted octanol–water partition coefficient (Wildman–Crippen LogP) is 6.00. The number of carbonyl (C=O) groups excluding carboxylic acids is 2. The van der Waals surface area contributed by atoms with E-state index >= 15 is 0 Å². The van der Waals surface area contributed by atoms with Gasteiger partial charge in [-0.3, -0.25) is 14.4 Å². The zero-order valence-corrected chi connectivity index (χ0v) is 23.7. The first-order valence-corrected chi connectivity index (χ1v) is 14.1. The number of hydrogen-bond acceptors (Lipinski definition) is 7. The summed E-state index contributed by atoms with van der Waals surface area (Å²) in [5, 5.41) is 19.0. The largest absolute Gasteiger partial charge is 0.481 e. The maximum Gasteiger partial charge on any atom is 0.303 e. The molecular weight excluding hydrogens is 577 g/mol.